The van der Waals surface area contributed by atoms with Gasteiger partial charge in [0, 0.05) is 0 Å². The maximum Gasteiger partial charge on any atom is 0.332 e. The lowest BCUT2D eigenvalue weighted by Gasteiger charge is -2.16. The Balaban J connectivity index is 2.99. The molecule has 0 aliphatic heterocycles. The number of benzene rings is 1. The molecular weight excluding hydrogens is 348 g/mol. The molecule has 0 spiro atoms. The molecule has 0 aliphatic rings. The third-order valence-electron chi connectivity index (χ3n) is 4.42. The van der Waals surface area contributed by atoms with Crippen LogP contribution in [0.15, 0.2) is 35.9 Å². The summed E-state index contributed by atoms with van der Waals surface area (Å²) >= 11 is 0. The summed E-state index contributed by atoms with van der Waals surface area (Å²) in [6, 6.07) is 8.49. The third-order valence-corrected chi connectivity index (χ3v) is 4.42. The fraction of sp³-hybridized carbons (Fsp3) is 0.476. The van der Waals surface area contributed by atoms with E-state index in [1.807, 2.05) is 6.92 Å². The molecule has 148 valence electrons. The molecule has 0 aliphatic carbocycles. The summed E-state index contributed by atoms with van der Waals surface area (Å²) in [6.45, 7) is 4.43. The van der Waals surface area contributed by atoms with E-state index in [-0.39, 0.29) is 23.5 Å². The van der Waals surface area contributed by atoms with Gasteiger partial charge >= 0.3 is 17.9 Å². The quantitative estimate of drug-likeness (QED) is 0.420. The highest BCUT2D eigenvalue weighted by Gasteiger charge is 2.22. The Morgan fingerprint density at radius 1 is 1.04 bits per heavy atom. The van der Waals surface area contributed by atoms with Gasteiger partial charge in [0.25, 0.3) is 0 Å². The topological polar surface area (TPSA) is 101 Å². The molecule has 0 bridgehead atoms. The van der Waals surface area contributed by atoms with Gasteiger partial charge in [-0.05, 0) is 23.5 Å². The minimum atomic E-state index is -1.35. The Bertz CT molecular complexity index is 663. The van der Waals surface area contributed by atoms with Crippen molar-refractivity contribution in [2.24, 2.45) is 5.92 Å². The molecule has 1 unspecified atom stereocenters. The summed E-state index contributed by atoms with van der Waals surface area (Å²) in [6.07, 6.45) is 3.06. The SMILES string of the molecule is CCCCC(CC)COC(=O)CC(=C(CC(=O)O)C(=O)O)c1ccccc1. The first-order valence-corrected chi connectivity index (χ1v) is 9.27. The Hall–Kier alpha value is -2.63. The normalized spacial score (nSPS) is 12.8. The highest BCUT2D eigenvalue weighted by atomic mass is 16.5. The number of carbonyl (C=O) groups is 3. The zero-order valence-electron chi connectivity index (χ0n) is 15.9. The maximum atomic E-state index is 12.3. The van der Waals surface area contributed by atoms with Gasteiger partial charge in [-0.15, -0.1) is 0 Å². The zero-order chi connectivity index (χ0) is 20.2. The lowest BCUT2D eigenvalue weighted by atomic mass is 9.95. The van der Waals surface area contributed by atoms with Crippen LogP contribution in [0.4, 0.5) is 0 Å². The van der Waals surface area contributed by atoms with Gasteiger partial charge in [-0.2, -0.15) is 0 Å². The van der Waals surface area contributed by atoms with Crippen LogP contribution in [0.25, 0.3) is 5.57 Å². The Kier molecular flexibility index (Phi) is 9.86. The number of hydrogen-bond donors (Lipinski definition) is 2. The van der Waals surface area contributed by atoms with Crippen molar-refractivity contribution in [3.8, 4) is 0 Å². The van der Waals surface area contributed by atoms with Gasteiger partial charge < -0.3 is 14.9 Å². The predicted molar refractivity (Wildman–Crippen MR) is 102 cm³/mol. The van der Waals surface area contributed by atoms with Crippen LogP contribution in [-0.4, -0.2) is 34.7 Å². The predicted octanol–water partition coefficient (Wildman–Crippen LogP) is 4.15. The molecule has 0 amide bonds. The van der Waals surface area contributed by atoms with Crippen molar-refractivity contribution < 1.29 is 29.3 Å². The fourth-order valence-corrected chi connectivity index (χ4v) is 2.79. The highest BCUT2D eigenvalue weighted by Crippen LogP contribution is 2.26. The van der Waals surface area contributed by atoms with E-state index < -0.39 is 24.3 Å². The van der Waals surface area contributed by atoms with Gasteiger partial charge in [0.1, 0.15) is 0 Å². The van der Waals surface area contributed by atoms with E-state index in [0.717, 1.165) is 25.7 Å². The number of esters is 1. The van der Waals surface area contributed by atoms with E-state index in [0.29, 0.717) is 12.2 Å². The fourth-order valence-electron chi connectivity index (χ4n) is 2.79. The van der Waals surface area contributed by atoms with Crippen LogP contribution < -0.4 is 0 Å². The molecule has 1 aromatic carbocycles. The summed E-state index contributed by atoms with van der Waals surface area (Å²) in [7, 11) is 0. The average Bonchev–Trinajstić information content (AvgIpc) is 2.65. The van der Waals surface area contributed by atoms with Crippen molar-refractivity contribution >= 4 is 23.5 Å². The largest absolute Gasteiger partial charge is 0.481 e. The van der Waals surface area contributed by atoms with Gasteiger partial charge in [-0.3, -0.25) is 9.59 Å². The Morgan fingerprint density at radius 2 is 1.70 bits per heavy atom. The molecule has 0 fully saturated rings. The second-order valence-corrected chi connectivity index (χ2v) is 6.48. The molecule has 0 saturated heterocycles. The summed E-state index contributed by atoms with van der Waals surface area (Å²) in [5, 5.41) is 18.5. The number of ether oxygens (including phenoxy) is 1. The second kappa shape index (κ2) is 11.9. The van der Waals surface area contributed by atoms with E-state index in [9.17, 15) is 19.5 Å². The standard InChI is InChI=1S/C21H28O6/c1-3-5-9-15(4-2)14-27-20(24)13-17(16-10-7-6-8-11-16)18(21(25)26)12-19(22)23/h6-8,10-11,15H,3-5,9,12-14H2,1-2H3,(H,22,23)(H,25,26). The van der Waals surface area contributed by atoms with Crippen molar-refractivity contribution in [3.05, 3.63) is 41.5 Å². The molecular formula is C21H28O6. The average molecular weight is 376 g/mol. The minimum absolute atomic E-state index is 0.178. The first kappa shape index (κ1) is 22.4. The van der Waals surface area contributed by atoms with Crippen LogP contribution in [-0.2, 0) is 19.1 Å². The minimum Gasteiger partial charge on any atom is -0.481 e. The molecule has 2 N–H and O–H groups in total. The van der Waals surface area contributed by atoms with E-state index in [1.54, 1.807) is 30.3 Å². The van der Waals surface area contributed by atoms with Crippen molar-refractivity contribution in [1.29, 1.82) is 0 Å². The molecule has 0 saturated carbocycles. The van der Waals surface area contributed by atoms with Gasteiger partial charge in [0.15, 0.2) is 0 Å². The van der Waals surface area contributed by atoms with Crippen molar-refractivity contribution in [3.63, 3.8) is 0 Å². The maximum absolute atomic E-state index is 12.3. The van der Waals surface area contributed by atoms with Gasteiger partial charge in [0.05, 0.1) is 25.0 Å². The van der Waals surface area contributed by atoms with Crippen LogP contribution in [0.2, 0.25) is 0 Å². The molecule has 0 radical (unpaired) electrons. The first-order chi connectivity index (χ1) is 12.9. The number of carboxylic acid groups (broad SMARTS) is 2. The molecule has 6 nitrogen and oxygen atoms in total. The lowest BCUT2D eigenvalue weighted by molar-refractivity contribution is -0.144. The number of carbonyl (C=O) groups excluding carboxylic acids is 1. The first-order valence-electron chi connectivity index (χ1n) is 9.27. The smallest absolute Gasteiger partial charge is 0.332 e. The third kappa shape index (κ3) is 8.07. The zero-order valence-corrected chi connectivity index (χ0v) is 15.9. The van der Waals surface area contributed by atoms with E-state index >= 15 is 0 Å². The van der Waals surface area contributed by atoms with E-state index in [4.69, 9.17) is 9.84 Å². The van der Waals surface area contributed by atoms with Gasteiger partial charge in [0.2, 0.25) is 0 Å². The Labute approximate surface area is 159 Å². The molecule has 27 heavy (non-hydrogen) atoms. The van der Waals surface area contributed by atoms with Crippen LogP contribution in [0.1, 0.15) is 57.9 Å². The number of hydrogen-bond acceptors (Lipinski definition) is 4. The molecule has 1 aromatic rings. The molecule has 0 heterocycles. The Morgan fingerprint density at radius 3 is 2.22 bits per heavy atom. The number of unbranched alkanes of at least 4 members (excludes halogenated alkanes) is 1. The van der Waals surface area contributed by atoms with Crippen molar-refractivity contribution in [2.75, 3.05) is 6.61 Å². The van der Waals surface area contributed by atoms with Crippen LogP contribution in [0, 0.1) is 5.92 Å². The van der Waals surface area contributed by atoms with Crippen LogP contribution in [0.3, 0.4) is 0 Å². The van der Waals surface area contributed by atoms with Crippen molar-refractivity contribution in [1.82, 2.24) is 0 Å². The van der Waals surface area contributed by atoms with Crippen LogP contribution >= 0.6 is 0 Å². The number of rotatable bonds is 12. The van der Waals surface area contributed by atoms with Gasteiger partial charge in [-0.25, -0.2) is 4.79 Å². The van der Waals surface area contributed by atoms with Gasteiger partial charge in [-0.1, -0.05) is 63.4 Å². The summed E-state index contributed by atoms with van der Waals surface area (Å²) in [5.74, 6) is -2.89. The van der Waals surface area contributed by atoms with Crippen LogP contribution in [0.5, 0.6) is 0 Å². The highest BCUT2D eigenvalue weighted by molar-refractivity contribution is 6.03. The second-order valence-electron chi connectivity index (χ2n) is 6.48. The summed E-state index contributed by atoms with van der Waals surface area (Å²) in [5.41, 5.74) is 0.381. The molecule has 1 rings (SSSR count). The number of aliphatic carboxylic acids is 2. The monoisotopic (exact) mass is 376 g/mol. The number of carboxylic acids is 2. The molecule has 0 aromatic heterocycles. The summed E-state index contributed by atoms with van der Waals surface area (Å²) < 4.78 is 5.37. The summed E-state index contributed by atoms with van der Waals surface area (Å²) in [4.78, 5) is 35.0. The van der Waals surface area contributed by atoms with E-state index in [2.05, 4.69) is 6.92 Å². The lowest BCUT2D eigenvalue weighted by Crippen LogP contribution is -2.16. The molecule has 1 atom stereocenters. The van der Waals surface area contributed by atoms with E-state index in [1.165, 1.54) is 0 Å². The molecule has 6 heteroatoms. The van der Waals surface area contributed by atoms with Crippen molar-refractivity contribution in [2.45, 2.75) is 52.4 Å².